The van der Waals surface area contributed by atoms with E-state index in [0.717, 1.165) is 25.7 Å². The predicted octanol–water partition coefficient (Wildman–Crippen LogP) is 12.4. The van der Waals surface area contributed by atoms with Gasteiger partial charge in [0, 0.05) is 6.61 Å². The zero-order valence-corrected chi connectivity index (χ0v) is 29.0. The molecule has 0 aliphatic carbocycles. The molecule has 254 valence electrons. The lowest BCUT2D eigenvalue weighted by Crippen LogP contribution is -1.92. The minimum absolute atomic E-state index is 0.168. The van der Waals surface area contributed by atoms with Crippen molar-refractivity contribution < 1.29 is 24.0 Å². The average molecular weight is 619 g/mol. The summed E-state index contributed by atoms with van der Waals surface area (Å²) >= 11 is 0. The van der Waals surface area contributed by atoms with Crippen molar-refractivity contribution >= 4 is 7.82 Å². The first kappa shape index (κ1) is 42.1. The van der Waals surface area contributed by atoms with E-state index in [1.54, 1.807) is 0 Å². The summed E-state index contributed by atoms with van der Waals surface area (Å²) in [4.78, 5) is 17.3. The highest BCUT2D eigenvalue weighted by molar-refractivity contribution is 7.46. The van der Waals surface area contributed by atoms with Crippen molar-refractivity contribution in [1.82, 2.24) is 0 Å². The number of aliphatic hydroxyl groups is 1. The zero-order chi connectivity index (χ0) is 30.7. The van der Waals surface area contributed by atoms with Crippen molar-refractivity contribution in [2.75, 3.05) is 13.2 Å². The van der Waals surface area contributed by atoms with Crippen LogP contribution in [-0.2, 0) is 9.09 Å². The van der Waals surface area contributed by atoms with Gasteiger partial charge in [-0.25, -0.2) is 4.57 Å². The minimum atomic E-state index is -4.27. The molecule has 0 fully saturated rings. The predicted molar refractivity (Wildman–Crippen MR) is 182 cm³/mol. The number of rotatable bonds is 37. The first-order valence-corrected chi connectivity index (χ1v) is 20.4. The molecule has 0 bridgehead atoms. The Morgan fingerprint density at radius 2 is 0.476 bits per heavy atom. The van der Waals surface area contributed by atoms with Crippen molar-refractivity contribution in [3.8, 4) is 0 Å². The summed E-state index contributed by atoms with van der Waals surface area (Å²) in [6.07, 6.45) is 46.0. The number of hydrogen-bond donors (Lipinski definition) is 3. The molecule has 6 heteroatoms. The summed E-state index contributed by atoms with van der Waals surface area (Å²) < 4.78 is 15.0. The fraction of sp³-hybridized carbons (Fsp3) is 1.00. The fourth-order valence-electron chi connectivity index (χ4n) is 6.05. The summed E-state index contributed by atoms with van der Waals surface area (Å²) in [5, 5.41) is 8.79. The van der Waals surface area contributed by atoms with Gasteiger partial charge in [0.15, 0.2) is 0 Å². The SMILES string of the molecule is O=P(O)(O)OCCCCCCCCCCCCCCCCCCCCCCCCCCCCCCCCCCCCO. The average Bonchev–Trinajstić information content (AvgIpc) is 2.96. The van der Waals surface area contributed by atoms with Gasteiger partial charge in [0.2, 0.25) is 0 Å². The third-order valence-electron chi connectivity index (χ3n) is 8.81. The molecule has 0 saturated heterocycles. The van der Waals surface area contributed by atoms with Gasteiger partial charge in [0.05, 0.1) is 6.61 Å². The van der Waals surface area contributed by atoms with Crippen LogP contribution in [0.5, 0.6) is 0 Å². The Morgan fingerprint density at radius 1 is 0.310 bits per heavy atom. The van der Waals surface area contributed by atoms with Crippen LogP contribution in [0.2, 0.25) is 0 Å². The van der Waals surface area contributed by atoms with Gasteiger partial charge in [-0.2, -0.15) is 0 Å². The summed E-state index contributed by atoms with van der Waals surface area (Å²) in [6, 6.07) is 0. The Kier molecular flexibility index (Phi) is 35.6. The fourth-order valence-corrected chi connectivity index (χ4v) is 6.42. The zero-order valence-electron chi connectivity index (χ0n) is 28.1. The summed E-state index contributed by atoms with van der Waals surface area (Å²) in [7, 11) is -4.27. The van der Waals surface area contributed by atoms with Gasteiger partial charge in [-0.05, 0) is 12.8 Å². The molecule has 0 saturated carbocycles. The second kappa shape index (κ2) is 35.5. The third kappa shape index (κ3) is 40.1. The molecule has 3 N–H and O–H groups in total. The Hall–Kier alpha value is 0.0700. The summed E-state index contributed by atoms with van der Waals surface area (Å²) in [5.41, 5.74) is 0. The molecule has 0 amide bonds. The molecule has 0 heterocycles. The van der Waals surface area contributed by atoms with Crippen LogP contribution in [0.1, 0.15) is 218 Å². The molecule has 0 aliphatic rings. The van der Waals surface area contributed by atoms with E-state index in [4.69, 9.17) is 14.9 Å². The first-order chi connectivity index (χ1) is 20.6. The number of hydrogen-bond acceptors (Lipinski definition) is 3. The van der Waals surface area contributed by atoms with Crippen molar-refractivity contribution in [1.29, 1.82) is 0 Å². The quantitative estimate of drug-likeness (QED) is 0.0476. The van der Waals surface area contributed by atoms with Crippen LogP contribution < -0.4 is 0 Å². The van der Waals surface area contributed by atoms with E-state index in [2.05, 4.69) is 4.52 Å². The van der Waals surface area contributed by atoms with Crippen LogP contribution in [0, 0.1) is 0 Å². The van der Waals surface area contributed by atoms with Crippen LogP contribution in [0.3, 0.4) is 0 Å². The molecule has 42 heavy (non-hydrogen) atoms. The van der Waals surface area contributed by atoms with Crippen LogP contribution in [-0.4, -0.2) is 28.1 Å². The normalized spacial score (nSPS) is 12.0. The highest BCUT2D eigenvalue weighted by Gasteiger charge is 2.12. The van der Waals surface area contributed by atoms with Crippen molar-refractivity contribution in [3.05, 3.63) is 0 Å². The molecule has 0 aliphatic heterocycles. The lowest BCUT2D eigenvalue weighted by Gasteiger charge is -2.05. The maximum atomic E-state index is 10.6. The van der Waals surface area contributed by atoms with Crippen molar-refractivity contribution in [2.45, 2.75) is 218 Å². The Labute approximate surface area is 263 Å². The Bertz CT molecular complexity index is 539. The lowest BCUT2D eigenvalue weighted by atomic mass is 10.0. The Morgan fingerprint density at radius 3 is 0.643 bits per heavy atom. The van der Waals surface area contributed by atoms with Crippen LogP contribution in [0.25, 0.3) is 0 Å². The molecular weight excluding hydrogens is 543 g/mol. The second-order valence-electron chi connectivity index (χ2n) is 13.1. The summed E-state index contributed by atoms with van der Waals surface area (Å²) in [6.45, 7) is 0.532. The highest BCUT2D eigenvalue weighted by atomic mass is 31.2. The highest BCUT2D eigenvalue weighted by Crippen LogP contribution is 2.35. The van der Waals surface area contributed by atoms with Gasteiger partial charge in [-0.3, -0.25) is 4.52 Å². The van der Waals surface area contributed by atoms with E-state index < -0.39 is 7.82 Å². The second-order valence-corrected chi connectivity index (χ2v) is 14.3. The van der Waals surface area contributed by atoms with E-state index in [0.29, 0.717) is 6.61 Å². The Balaban J connectivity index is 3.05. The summed E-state index contributed by atoms with van der Waals surface area (Å²) in [5.74, 6) is 0. The maximum absolute atomic E-state index is 10.6. The molecule has 0 atom stereocenters. The molecule has 0 aromatic carbocycles. The van der Waals surface area contributed by atoms with Crippen molar-refractivity contribution in [3.63, 3.8) is 0 Å². The third-order valence-corrected chi connectivity index (χ3v) is 9.33. The topological polar surface area (TPSA) is 87.0 Å². The standard InChI is InChI=1S/C36H75O5P/c37-35-33-31-29-27-25-23-21-19-17-15-13-11-9-7-5-3-1-2-4-6-8-10-12-14-16-18-20-22-24-26-28-30-32-34-36-41-42(38,39)40/h37H,1-36H2,(H2,38,39,40). The number of phosphoric ester groups is 1. The number of phosphoric acid groups is 1. The first-order valence-electron chi connectivity index (χ1n) is 18.9. The smallest absolute Gasteiger partial charge is 0.396 e. The van der Waals surface area contributed by atoms with Gasteiger partial charge in [0.25, 0.3) is 0 Å². The number of aliphatic hydroxyl groups excluding tert-OH is 1. The van der Waals surface area contributed by atoms with Crippen LogP contribution in [0.4, 0.5) is 0 Å². The van der Waals surface area contributed by atoms with Gasteiger partial charge in [-0.15, -0.1) is 0 Å². The lowest BCUT2D eigenvalue weighted by molar-refractivity contribution is 0.193. The van der Waals surface area contributed by atoms with Crippen molar-refractivity contribution in [2.24, 2.45) is 0 Å². The van der Waals surface area contributed by atoms with Crippen LogP contribution in [0.15, 0.2) is 0 Å². The van der Waals surface area contributed by atoms with Gasteiger partial charge >= 0.3 is 7.82 Å². The molecule has 0 aromatic heterocycles. The molecule has 0 unspecified atom stereocenters. The number of unbranched alkanes of at least 4 members (excludes halogenated alkanes) is 33. The van der Waals surface area contributed by atoms with Gasteiger partial charge < -0.3 is 14.9 Å². The largest absolute Gasteiger partial charge is 0.469 e. The van der Waals surface area contributed by atoms with E-state index >= 15 is 0 Å². The monoisotopic (exact) mass is 619 g/mol. The van der Waals surface area contributed by atoms with E-state index in [1.807, 2.05) is 0 Å². The van der Waals surface area contributed by atoms with Gasteiger partial charge in [-0.1, -0.05) is 205 Å². The molecule has 0 radical (unpaired) electrons. The van der Waals surface area contributed by atoms with E-state index in [-0.39, 0.29) is 6.61 Å². The van der Waals surface area contributed by atoms with Crippen LogP contribution >= 0.6 is 7.82 Å². The molecular formula is C36H75O5P. The maximum Gasteiger partial charge on any atom is 0.469 e. The molecule has 5 nitrogen and oxygen atoms in total. The minimum Gasteiger partial charge on any atom is -0.396 e. The molecule has 0 spiro atoms. The molecule has 0 rings (SSSR count). The molecule has 0 aromatic rings. The van der Waals surface area contributed by atoms with E-state index in [9.17, 15) is 4.57 Å². The van der Waals surface area contributed by atoms with Gasteiger partial charge in [0.1, 0.15) is 0 Å². The van der Waals surface area contributed by atoms with E-state index in [1.165, 1.54) is 193 Å².